The fourth-order valence-corrected chi connectivity index (χ4v) is 6.84. The number of hydrogen-bond donors (Lipinski definition) is 0. The van der Waals surface area contributed by atoms with Crippen molar-refractivity contribution in [1.82, 2.24) is 29.6 Å². The van der Waals surface area contributed by atoms with E-state index in [4.69, 9.17) is 0 Å². The van der Waals surface area contributed by atoms with Gasteiger partial charge < -0.3 is 9.80 Å². The third kappa shape index (κ3) is 7.43. The minimum absolute atomic E-state index is 0.0427. The number of halogens is 6. The molecule has 3 saturated heterocycles. The molecule has 0 N–H and O–H groups in total. The molecule has 0 spiro atoms. The Labute approximate surface area is 268 Å². The molecular weight excluding hydrogens is 626 g/mol. The zero-order chi connectivity index (χ0) is 33.3. The molecule has 0 aliphatic carbocycles. The second-order valence-corrected chi connectivity index (χ2v) is 12.3. The van der Waals surface area contributed by atoms with Crippen LogP contribution in [0.3, 0.4) is 0 Å². The lowest BCUT2D eigenvalue weighted by molar-refractivity contribution is -0.143. The first-order valence-electron chi connectivity index (χ1n) is 15.5. The van der Waals surface area contributed by atoms with E-state index in [0.717, 1.165) is 31.7 Å². The highest BCUT2D eigenvalue weighted by Crippen LogP contribution is 2.37. The first-order valence-corrected chi connectivity index (χ1v) is 15.5. The minimum atomic E-state index is -5.04. The molecule has 0 bridgehead atoms. The van der Waals surface area contributed by atoms with E-state index in [1.165, 1.54) is 23.5 Å². The van der Waals surface area contributed by atoms with Crippen molar-refractivity contribution in [3.05, 3.63) is 95.1 Å². The quantitative estimate of drug-likeness (QED) is 0.352. The van der Waals surface area contributed by atoms with Gasteiger partial charge in [-0.3, -0.25) is 24.4 Å². The van der Waals surface area contributed by atoms with Gasteiger partial charge in [-0.25, -0.2) is 4.98 Å². The average molecular weight is 661 g/mol. The summed E-state index contributed by atoms with van der Waals surface area (Å²) in [4.78, 5) is 42.3. The third-order valence-corrected chi connectivity index (χ3v) is 9.41. The van der Waals surface area contributed by atoms with Gasteiger partial charge in [0.2, 0.25) is 0 Å². The normalized spacial score (nSPS) is 21.8. The van der Waals surface area contributed by atoms with E-state index in [1.54, 1.807) is 4.90 Å². The lowest BCUT2D eigenvalue weighted by atomic mass is 9.90. The number of amides is 2. The van der Waals surface area contributed by atoms with E-state index in [9.17, 15) is 35.9 Å². The molecule has 3 fully saturated rings. The fraction of sp³-hybridized carbons (Fsp3) is 0.455. The van der Waals surface area contributed by atoms with Crippen LogP contribution in [0.25, 0.3) is 0 Å². The van der Waals surface area contributed by atoms with Gasteiger partial charge >= 0.3 is 12.4 Å². The zero-order valence-electron chi connectivity index (χ0n) is 25.4. The number of piperidine rings is 1. The number of carbonyl (C=O) groups excluding carboxylic acids is 2. The maximum Gasteiger partial charge on any atom is 0.416 e. The van der Waals surface area contributed by atoms with E-state index in [1.807, 2.05) is 30.3 Å². The molecule has 3 aliphatic heterocycles. The SMILES string of the molecule is O=C(c1cnccn1)N1CC(N2CCN([C@H]3CCN(C(=O)c4cc(C(F)(F)F)cc(C(F)(F)F)c4)[C@H](Cc4ccccc4)C3)CC2)C1. The molecule has 2 aromatic carbocycles. The molecule has 250 valence electrons. The van der Waals surface area contributed by atoms with Crippen molar-refractivity contribution in [2.45, 2.75) is 49.7 Å². The van der Waals surface area contributed by atoms with Crippen molar-refractivity contribution in [3.63, 3.8) is 0 Å². The summed E-state index contributed by atoms with van der Waals surface area (Å²) >= 11 is 0. The van der Waals surface area contributed by atoms with E-state index in [2.05, 4.69) is 19.8 Å². The van der Waals surface area contributed by atoms with Crippen LogP contribution < -0.4 is 0 Å². The molecule has 1 aromatic heterocycles. The zero-order valence-corrected chi connectivity index (χ0v) is 25.4. The summed E-state index contributed by atoms with van der Waals surface area (Å²) in [6, 6.07) is 10.4. The van der Waals surface area contributed by atoms with E-state index in [0.29, 0.717) is 50.2 Å². The number of aromatic nitrogens is 2. The predicted octanol–water partition coefficient (Wildman–Crippen LogP) is 4.87. The topological polar surface area (TPSA) is 72.9 Å². The van der Waals surface area contributed by atoms with Crippen molar-refractivity contribution >= 4 is 11.8 Å². The van der Waals surface area contributed by atoms with E-state index < -0.39 is 41.0 Å². The second kappa shape index (κ2) is 13.2. The van der Waals surface area contributed by atoms with Crippen LogP contribution in [-0.2, 0) is 18.8 Å². The van der Waals surface area contributed by atoms with Gasteiger partial charge in [0.1, 0.15) is 5.69 Å². The van der Waals surface area contributed by atoms with Crippen molar-refractivity contribution in [2.24, 2.45) is 0 Å². The molecule has 8 nitrogen and oxygen atoms in total. The molecule has 4 heterocycles. The Morgan fingerprint density at radius 3 is 1.96 bits per heavy atom. The summed E-state index contributed by atoms with van der Waals surface area (Å²) in [6.45, 7) is 4.57. The lowest BCUT2D eigenvalue weighted by Crippen LogP contribution is -2.65. The minimum Gasteiger partial charge on any atom is -0.335 e. The molecule has 0 unspecified atom stereocenters. The molecule has 2 amide bonds. The number of likely N-dealkylation sites (tertiary alicyclic amines) is 2. The Morgan fingerprint density at radius 1 is 0.766 bits per heavy atom. The van der Waals surface area contributed by atoms with Gasteiger partial charge in [-0.1, -0.05) is 30.3 Å². The van der Waals surface area contributed by atoms with Crippen molar-refractivity contribution in [1.29, 1.82) is 0 Å². The van der Waals surface area contributed by atoms with Crippen molar-refractivity contribution in [3.8, 4) is 0 Å². The molecule has 3 aromatic rings. The largest absolute Gasteiger partial charge is 0.416 e. The van der Waals surface area contributed by atoms with Crippen LogP contribution in [0.1, 0.15) is 50.4 Å². The van der Waals surface area contributed by atoms with E-state index in [-0.39, 0.29) is 30.6 Å². The summed E-state index contributed by atoms with van der Waals surface area (Å²) in [5.74, 6) is -0.977. The monoisotopic (exact) mass is 660 g/mol. The number of carbonyl (C=O) groups is 2. The third-order valence-electron chi connectivity index (χ3n) is 9.41. The number of piperazine rings is 1. The van der Waals surface area contributed by atoms with Crippen molar-refractivity contribution in [2.75, 3.05) is 45.8 Å². The Bertz CT molecular complexity index is 1530. The van der Waals surface area contributed by atoms with Crippen LogP contribution in [0.2, 0.25) is 0 Å². The smallest absolute Gasteiger partial charge is 0.335 e. The maximum atomic E-state index is 13.7. The molecule has 3 aliphatic rings. The van der Waals surface area contributed by atoms with Crippen LogP contribution in [-0.4, -0.2) is 105 Å². The first-order chi connectivity index (χ1) is 22.4. The molecule has 2 atom stereocenters. The van der Waals surface area contributed by atoms with Gasteiger partial charge in [0.05, 0.1) is 17.3 Å². The van der Waals surface area contributed by atoms with Gasteiger partial charge in [0, 0.05) is 81.9 Å². The van der Waals surface area contributed by atoms with Crippen LogP contribution >= 0.6 is 0 Å². The summed E-state index contributed by atoms with van der Waals surface area (Å²) in [6.07, 6.45) is -4.11. The molecule has 47 heavy (non-hydrogen) atoms. The van der Waals surface area contributed by atoms with Crippen LogP contribution in [0.5, 0.6) is 0 Å². The second-order valence-electron chi connectivity index (χ2n) is 12.3. The Kier molecular flexibility index (Phi) is 9.25. The van der Waals surface area contributed by atoms with Gasteiger partial charge in [-0.15, -0.1) is 0 Å². The van der Waals surface area contributed by atoms with Crippen LogP contribution in [0, 0.1) is 0 Å². The number of hydrogen-bond acceptors (Lipinski definition) is 6. The summed E-state index contributed by atoms with van der Waals surface area (Å²) in [7, 11) is 0. The average Bonchev–Trinajstić information content (AvgIpc) is 3.04. The van der Waals surface area contributed by atoms with Gasteiger partial charge in [0.15, 0.2) is 0 Å². The summed E-state index contributed by atoms with van der Waals surface area (Å²) in [5.41, 5.74) is -2.39. The van der Waals surface area contributed by atoms with Crippen LogP contribution in [0.4, 0.5) is 26.3 Å². The lowest BCUT2D eigenvalue weighted by Gasteiger charge is -2.50. The number of alkyl halides is 6. The molecule has 0 radical (unpaired) electrons. The Balaban J connectivity index is 1.12. The highest BCUT2D eigenvalue weighted by Gasteiger charge is 2.41. The van der Waals surface area contributed by atoms with Gasteiger partial charge in [0.25, 0.3) is 11.8 Å². The number of nitrogens with zero attached hydrogens (tertiary/aromatic N) is 6. The van der Waals surface area contributed by atoms with Crippen molar-refractivity contribution < 1.29 is 35.9 Å². The highest BCUT2D eigenvalue weighted by atomic mass is 19.4. The molecule has 6 rings (SSSR count). The fourth-order valence-electron chi connectivity index (χ4n) is 6.84. The van der Waals surface area contributed by atoms with Crippen LogP contribution in [0.15, 0.2) is 67.1 Å². The Hall–Kier alpha value is -4.04. The summed E-state index contributed by atoms with van der Waals surface area (Å²) in [5, 5.41) is 0. The van der Waals surface area contributed by atoms with Gasteiger partial charge in [-0.05, 0) is 43.0 Å². The number of benzene rings is 2. The van der Waals surface area contributed by atoms with E-state index >= 15 is 0 Å². The molecule has 14 heteroatoms. The Morgan fingerprint density at radius 2 is 1.38 bits per heavy atom. The number of rotatable bonds is 6. The maximum absolute atomic E-state index is 13.7. The highest BCUT2D eigenvalue weighted by molar-refractivity contribution is 5.95. The van der Waals surface area contributed by atoms with Gasteiger partial charge in [-0.2, -0.15) is 26.3 Å². The molecular formula is C33H34F6N6O2. The predicted molar refractivity (Wildman–Crippen MR) is 159 cm³/mol. The molecule has 0 saturated carbocycles. The summed E-state index contributed by atoms with van der Waals surface area (Å²) < 4.78 is 81.4. The standard InChI is InChI=1S/C33H34F6N6O2/c34-32(35,36)24-15-23(16-25(17-24)33(37,38)39)30(46)45-9-6-26(18-27(45)14-22-4-2-1-3-5-22)42-10-12-43(13-11-42)28-20-44(21-28)31(47)29-19-40-7-8-41-29/h1-5,7-8,15-17,19,26-28H,6,9-14,18,20-21H2/t26-,27+/m0/s1. The first kappa shape index (κ1) is 32.9.